The lowest BCUT2D eigenvalue weighted by atomic mass is 10.1. The molecular weight excluding hydrogens is 414 g/mol. The first-order valence-electron chi connectivity index (χ1n) is 11.0. The quantitative estimate of drug-likeness (QED) is 0.644. The van der Waals surface area contributed by atoms with Crippen LogP contribution in [0.1, 0.15) is 55.3 Å². The van der Waals surface area contributed by atoms with Gasteiger partial charge in [0.2, 0.25) is 0 Å². The molecule has 7 heteroatoms. The van der Waals surface area contributed by atoms with E-state index in [1.165, 1.54) is 0 Å². The monoisotopic (exact) mass is 445 g/mol. The standard InChI is InChI=1S/C24H31NO5S/c1-15-5-6-20(11-16(15)2)29-18(4)24(26)25(19-9-10-31(27,28)14-19)13-21-7-8-23(30-21)22-12-17(22)3/h5-8,11,17-19,22H,9-10,12-14H2,1-4H3. The summed E-state index contributed by atoms with van der Waals surface area (Å²) in [7, 11) is -3.13. The molecular formula is C24H31NO5S. The summed E-state index contributed by atoms with van der Waals surface area (Å²) in [4.78, 5) is 15.0. The first kappa shape index (κ1) is 21.9. The number of amides is 1. The van der Waals surface area contributed by atoms with E-state index >= 15 is 0 Å². The number of hydrogen-bond acceptors (Lipinski definition) is 5. The molecule has 1 aliphatic heterocycles. The molecule has 1 saturated carbocycles. The number of furan rings is 1. The Kier molecular flexibility index (Phi) is 5.90. The third-order valence-corrected chi connectivity index (χ3v) is 8.31. The first-order chi connectivity index (χ1) is 14.6. The Morgan fingerprint density at radius 2 is 1.97 bits per heavy atom. The van der Waals surface area contributed by atoms with Crippen LogP contribution in [0.25, 0.3) is 0 Å². The molecule has 2 fully saturated rings. The average Bonchev–Trinajstić information content (AvgIpc) is 3.10. The van der Waals surface area contributed by atoms with Gasteiger partial charge in [-0.1, -0.05) is 13.0 Å². The fourth-order valence-corrected chi connectivity index (χ4v) is 5.98. The van der Waals surface area contributed by atoms with Crippen LogP contribution in [-0.4, -0.2) is 42.9 Å². The normalized spacial score (nSPS) is 25.2. The van der Waals surface area contributed by atoms with E-state index in [-0.39, 0.29) is 30.0 Å². The molecule has 4 rings (SSSR count). The molecule has 2 aliphatic rings. The fourth-order valence-electron chi connectivity index (χ4n) is 4.25. The van der Waals surface area contributed by atoms with Crippen LogP contribution in [0.5, 0.6) is 5.75 Å². The molecule has 1 aromatic carbocycles. The number of hydrogen-bond donors (Lipinski definition) is 0. The molecule has 4 unspecified atom stereocenters. The molecule has 0 N–H and O–H groups in total. The SMILES string of the molecule is Cc1ccc(OC(C)C(=O)N(Cc2ccc(C3CC3C)o2)C2CCS(=O)(=O)C2)cc1C. The zero-order valence-electron chi connectivity index (χ0n) is 18.6. The van der Waals surface area contributed by atoms with Crippen LogP contribution in [0.4, 0.5) is 0 Å². The van der Waals surface area contributed by atoms with Gasteiger partial charge in [-0.2, -0.15) is 0 Å². The van der Waals surface area contributed by atoms with Gasteiger partial charge in [0, 0.05) is 12.0 Å². The molecule has 1 saturated heterocycles. The van der Waals surface area contributed by atoms with Crippen molar-refractivity contribution >= 4 is 15.7 Å². The highest BCUT2D eigenvalue weighted by molar-refractivity contribution is 7.91. The number of sulfone groups is 1. The first-order valence-corrected chi connectivity index (χ1v) is 12.8. The molecule has 31 heavy (non-hydrogen) atoms. The molecule has 1 aromatic heterocycles. The van der Waals surface area contributed by atoms with Crippen LogP contribution >= 0.6 is 0 Å². The summed E-state index contributed by atoms with van der Waals surface area (Å²) >= 11 is 0. The smallest absolute Gasteiger partial charge is 0.264 e. The molecule has 168 valence electrons. The molecule has 6 nitrogen and oxygen atoms in total. The molecule has 4 atom stereocenters. The Hall–Kier alpha value is -2.28. The highest BCUT2D eigenvalue weighted by Crippen LogP contribution is 2.47. The van der Waals surface area contributed by atoms with E-state index in [4.69, 9.17) is 9.15 Å². The second-order valence-electron chi connectivity index (χ2n) is 9.15. The minimum absolute atomic E-state index is 0.0116. The van der Waals surface area contributed by atoms with Crippen LogP contribution in [0.3, 0.4) is 0 Å². The second-order valence-corrected chi connectivity index (χ2v) is 11.4. The van der Waals surface area contributed by atoms with Crippen molar-refractivity contribution in [2.45, 2.75) is 65.1 Å². The molecule has 0 spiro atoms. The van der Waals surface area contributed by atoms with Gasteiger partial charge in [0.15, 0.2) is 15.9 Å². The van der Waals surface area contributed by atoms with Crippen molar-refractivity contribution in [2.24, 2.45) is 5.92 Å². The van der Waals surface area contributed by atoms with Crippen LogP contribution in [0, 0.1) is 19.8 Å². The average molecular weight is 446 g/mol. The molecule has 0 radical (unpaired) electrons. The number of carbonyl (C=O) groups is 1. The molecule has 2 heterocycles. The lowest BCUT2D eigenvalue weighted by Crippen LogP contribution is -2.46. The van der Waals surface area contributed by atoms with Gasteiger partial charge in [-0.15, -0.1) is 0 Å². The minimum Gasteiger partial charge on any atom is -0.481 e. The van der Waals surface area contributed by atoms with Gasteiger partial charge in [0.25, 0.3) is 5.91 Å². The predicted molar refractivity (Wildman–Crippen MR) is 119 cm³/mol. The van der Waals surface area contributed by atoms with Gasteiger partial charge < -0.3 is 14.1 Å². The Balaban J connectivity index is 1.52. The zero-order chi connectivity index (χ0) is 22.3. The van der Waals surface area contributed by atoms with Gasteiger partial charge in [-0.3, -0.25) is 4.79 Å². The highest BCUT2D eigenvalue weighted by atomic mass is 32.2. The second kappa shape index (κ2) is 8.34. The van der Waals surface area contributed by atoms with Gasteiger partial charge in [0.1, 0.15) is 17.3 Å². The fraction of sp³-hybridized carbons (Fsp3) is 0.542. The predicted octanol–water partition coefficient (Wildman–Crippen LogP) is 4.00. The van der Waals surface area contributed by atoms with Crippen molar-refractivity contribution in [3.63, 3.8) is 0 Å². The van der Waals surface area contributed by atoms with Crippen LogP contribution in [-0.2, 0) is 21.2 Å². The summed E-state index contributed by atoms with van der Waals surface area (Å²) < 4.78 is 36.1. The maximum absolute atomic E-state index is 13.4. The van der Waals surface area contributed by atoms with E-state index in [1.54, 1.807) is 11.8 Å². The maximum atomic E-state index is 13.4. The third kappa shape index (κ3) is 4.97. The summed E-state index contributed by atoms with van der Waals surface area (Å²) in [5, 5.41) is 0. The Morgan fingerprint density at radius 3 is 2.58 bits per heavy atom. The zero-order valence-corrected chi connectivity index (χ0v) is 19.4. The number of carbonyl (C=O) groups excluding carboxylic acids is 1. The van der Waals surface area contributed by atoms with E-state index in [1.807, 2.05) is 44.2 Å². The highest BCUT2D eigenvalue weighted by Gasteiger charge is 2.39. The molecule has 1 aliphatic carbocycles. The Morgan fingerprint density at radius 1 is 1.23 bits per heavy atom. The van der Waals surface area contributed by atoms with Gasteiger partial charge >= 0.3 is 0 Å². The lowest BCUT2D eigenvalue weighted by molar-refractivity contribution is -0.141. The van der Waals surface area contributed by atoms with E-state index in [2.05, 4.69) is 6.92 Å². The number of ether oxygens (including phenoxy) is 1. The number of aryl methyl sites for hydroxylation is 2. The molecule has 1 amide bonds. The van der Waals surface area contributed by atoms with E-state index in [9.17, 15) is 13.2 Å². The molecule has 2 aromatic rings. The van der Waals surface area contributed by atoms with E-state index in [0.717, 1.165) is 23.3 Å². The largest absolute Gasteiger partial charge is 0.481 e. The van der Waals surface area contributed by atoms with Gasteiger partial charge in [0.05, 0.1) is 18.1 Å². The third-order valence-electron chi connectivity index (χ3n) is 6.55. The minimum atomic E-state index is -3.13. The van der Waals surface area contributed by atoms with Crippen molar-refractivity contribution < 1.29 is 22.4 Å². The summed E-state index contributed by atoms with van der Waals surface area (Å²) in [5.41, 5.74) is 2.25. The number of nitrogens with zero attached hydrogens (tertiary/aromatic N) is 1. The van der Waals surface area contributed by atoms with E-state index in [0.29, 0.717) is 29.8 Å². The van der Waals surface area contributed by atoms with Crippen LogP contribution < -0.4 is 4.74 Å². The maximum Gasteiger partial charge on any atom is 0.264 e. The van der Waals surface area contributed by atoms with Crippen molar-refractivity contribution in [3.05, 3.63) is 53.0 Å². The summed E-state index contributed by atoms with van der Waals surface area (Å²) in [6.07, 6.45) is 0.831. The summed E-state index contributed by atoms with van der Waals surface area (Å²) in [6.45, 7) is 8.18. The Labute approximate surface area is 184 Å². The van der Waals surface area contributed by atoms with Crippen molar-refractivity contribution in [3.8, 4) is 5.75 Å². The van der Waals surface area contributed by atoms with Gasteiger partial charge in [-0.05, 0) is 74.9 Å². The van der Waals surface area contributed by atoms with Crippen LogP contribution in [0.2, 0.25) is 0 Å². The molecule has 0 bridgehead atoms. The topological polar surface area (TPSA) is 76.8 Å². The van der Waals surface area contributed by atoms with Crippen molar-refractivity contribution in [2.75, 3.05) is 11.5 Å². The lowest BCUT2D eigenvalue weighted by Gasteiger charge is -2.30. The van der Waals surface area contributed by atoms with Crippen molar-refractivity contribution in [1.29, 1.82) is 0 Å². The summed E-state index contributed by atoms with van der Waals surface area (Å²) in [5.74, 6) is 3.22. The number of benzene rings is 1. The Bertz CT molecular complexity index is 1070. The van der Waals surface area contributed by atoms with Gasteiger partial charge in [-0.25, -0.2) is 8.42 Å². The van der Waals surface area contributed by atoms with Crippen LogP contribution in [0.15, 0.2) is 34.7 Å². The number of rotatable bonds is 7. The van der Waals surface area contributed by atoms with E-state index < -0.39 is 15.9 Å². The van der Waals surface area contributed by atoms with Crippen molar-refractivity contribution in [1.82, 2.24) is 4.90 Å². The summed E-state index contributed by atoms with van der Waals surface area (Å²) in [6, 6.07) is 9.25.